The number of Topliss-reactive ketones (excluding diaryl/α,β-unsaturated/α-hetero) is 1. The lowest BCUT2D eigenvalue weighted by Gasteiger charge is -2.21. The van der Waals surface area contributed by atoms with Gasteiger partial charge in [-0.25, -0.2) is 8.42 Å². The fraction of sp³-hybridized carbons (Fsp3) is 0.500. The lowest BCUT2D eigenvalue weighted by molar-refractivity contribution is -0.129. The van der Waals surface area contributed by atoms with Crippen molar-refractivity contribution in [2.75, 3.05) is 27.2 Å². The molecular weight excluding hydrogens is 316 g/mol. The third-order valence-electron chi connectivity index (χ3n) is 3.60. The predicted molar refractivity (Wildman–Crippen MR) is 88.8 cm³/mol. The van der Waals surface area contributed by atoms with E-state index < -0.39 is 10.0 Å². The molecule has 0 heterocycles. The van der Waals surface area contributed by atoms with Gasteiger partial charge in [0.1, 0.15) is 0 Å². The molecule has 0 spiro atoms. The van der Waals surface area contributed by atoms with Crippen LogP contribution in [0.1, 0.15) is 37.0 Å². The van der Waals surface area contributed by atoms with Crippen LogP contribution in [0.25, 0.3) is 0 Å². The minimum absolute atomic E-state index is 0.0639. The Labute approximate surface area is 138 Å². The molecular formula is C16H24N2O4S. The van der Waals surface area contributed by atoms with E-state index in [9.17, 15) is 18.0 Å². The molecule has 0 fully saturated rings. The summed E-state index contributed by atoms with van der Waals surface area (Å²) in [7, 11) is -0.714. The van der Waals surface area contributed by atoms with Crippen molar-refractivity contribution in [1.29, 1.82) is 0 Å². The number of nitrogens with zero attached hydrogens (tertiary/aromatic N) is 2. The fourth-order valence-corrected chi connectivity index (χ4v) is 3.08. The van der Waals surface area contributed by atoms with Crippen LogP contribution in [0.5, 0.6) is 0 Å². The zero-order valence-corrected chi connectivity index (χ0v) is 14.9. The van der Waals surface area contributed by atoms with Gasteiger partial charge in [0.05, 0.1) is 11.4 Å². The molecule has 0 aliphatic rings. The monoisotopic (exact) mass is 340 g/mol. The highest BCUT2D eigenvalue weighted by Crippen LogP contribution is 2.15. The largest absolute Gasteiger partial charge is 0.345 e. The third-order valence-corrected chi connectivity index (χ3v) is 5.42. The smallest absolute Gasteiger partial charge is 0.243 e. The molecule has 0 atom stereocenters. The van der Waals surface area contributed by atoms with Gasteiger partial charge in [-0.05, 0) is 25.5 Å². The van der Waals surface area contributed by atoms with Gasteiger partial charge in [-0.15, -0.1) is 0 Å². The Morgan fingerprint density at radius 2 is 1.65 bits per heavy atom. The van der Waals surface area contributed by atoms with Crippen LogP contribution < -0.4 is 0 Å². The van der Waals surface area contributed by atoms with Gasteiger partial charge in [0, 0.05) is 26.2 Å². The highest BCUT2D eigenvalue weighted by molar-refractivity contribution is 7.89. The predicted octanol–water partition coefficient (Wildman–Crippen LogP) is 1.77. The normalized spacial score (nSPS) is 11.5. The van der Waals surface area contributed by atoms with Crippen molar-refractivity contribution in [3.05, 3.63) is 29.8 Å². The molecule has 0 saturated heterocycles. The number of likely N-dealkylation sites (N-methyl/N-ethyl adjacent to an activating group) is 2. The minimum atomic E-state index is -3.76. The van der Waals surface area contributed by atoms with Crippen LogP contribution in [-0.2, 0) is 14.8 Å². The molecule has 0 unspecified atom stereocenters. The summed E-state index contributed by atoms with van der Waals surface area (Å²) in [5.41, 5.74) is 0.446. The number of hydrogen-bond acceptors (Lipinski definition) is 4. The summed E-state index contributed by atoms with van der Waals surface area (Å²) in [6.45, 7) is 3.84. The van der Waals surface area contributed by atoms with Crippen LogP contribution in [0.15, 0.2) is 29.2 Å². The number of carbonyl (C=O) groups is 2. The molecule has 0 bridgehead atoms. The molecule has 1 rings (SSSR count). The van der Waals surface area contributed by atoms with E-state index in [1.165, 1.54) is 43.1 Å². The number of unbranched alkanes of at least 4 members (excludes halogenated alkanes) is 1. The number of sulfonamides is 1. The molecule has 23 heavy (non-hydrogen) atoms. The van der Waals surface area contributed by atoms with E-state index >= 15 is 0 Å². The van der Waals surface area contributed by atoms with Crippen molar-refractivity contribution in [3.63, 3.8) is 0 Å². The summed E-state index contributed by atoms with van der Waals surface area (Å²) in [4.78, 5) is 24.9. The van der Waals surface area contributed by atoms with Gasteiger partial charge in [0.2, 0.25) is 15.9 Å². The van der Waals surface area contributed by atoms with Crippen LogP contribution >= 0.6 is 0 Å². The summed E-state index contributed by atoms with van der Waals surface area (Å²) < 4.78 is 25.9. The van der Waals surface area contributed by atoms with Gasteiger partial charge in [0.15, 0.2) is 5.78 Å². The maximum absolute atomic E-state index is 12.5. The Kier molecular flexibility index (Phi) is 6.90. The lowest BCUT2D eigenvalue weighted by Crippen LogP contribution is -2.39. The Morgan fingerprint density at radius 3 is 2.13 bits per heavy atom. The molecule has 128 valence electrons. The number of amides is 1. The topological polar surface area (TPSA) is 74.8 Å². The zero-order valence-electron chi connectivity index (χ0n) is 14.1. The first-order valence-corrected chi connectivity index (χ1v) is 8.95. The highest BCUT2D eigenvalue weighted by Gasteiger charge is 2.24. The SMILES string of the molecule is CCCCN(C)C(=O)CN(C)S(=O)(=O)c1ccc(C(C)=O)cc1. The van der Waals surface area contributed by atoms with Crippen molar-refractivity contribution >= 4 is 21.7 Å². The average molecular weight is 340 g/mol. The molecule has 1 amide bonds. The molecule has 1 aromatic carbocycles. The molecule has 0 saturated carbocycles. The van der Waals surface area contributed by atoms with Crippen molar-refractivity contribution in [2.45, 2.75) is 31.6 Å². The highest BCUT2D eigenvalue weighted by atomic mass is 32.2. The first-order chi connectivity index (χ1) is 10.7. The van der Waals surface area contributed by atoms with Crippen molar-refractivity contribution in [2.24, 2.45) is 0 Å². The van der Waals surface area contributed by atoms with E-state index in [0.717, 1.165) is 17.1 Å². The van der Waals surface area contributed by atoms with Gasteiger partial charge in [-0.3, -0.25) is 9.59 Å². The van der Waals surface area contributed by atoms with E-state index in [1.54, 1.807) is 7.05 Å². The quantitative estimate of drug-likeness (QED) is 0.676. The van der Waals surface area contributed by atoms with E-state index in [0.29, 0.717) is 12.1 Å². The van der Waals surface area contributed by atoms with E-state index in [2.05, 4.69) is 0 Å². The number of rotatable bonds is 8. The second-order valence-corrected chi connectivity index (χ2v) is 7.56. The van der Waals surface area contributed by atoms with Gasteiger partial charge in [0.25, 0.3) is 0 Å². The molecule has 0 N–H and O–H groups in total. The summed E-state index contributed by atoms with van der Waals surface area (Å²) in [6, 6.07) is 5.71. The second-order valence-electron chi connectivity index (χ2n) is 5.51. The summed E-state index contributed by atoms with van der Waals surface area (Å²) in [5.74, 6) is -0.375. The van der Waals surface area contributed by atoms with Gasteiger partial charge in [-0.1, -0.05) is 25.5 Å². The Bertz CT molecular complexity index is 653. The van der Waals surface area contributed by atoms with Crippen LogP contribution in [0.3, 0.4) is 0 Å². The van der Waals surface area contributed by atoms with Gasteiger partial charge >= 0.3 is 0 Å². The molecule has 0 radical (unpaired) electrons. The van der Waals surface area contributed by atoms with Crippen molar-refractivity contribution in [3.8, 4) is 0 Å². The Morgan fingerprint density at radius 1 is 1.09 bits per heavy atom. The van der Waals surface area contributed by atoms with Crippen LogP contribution in [0.4, 0.5) is 0 Å². The molecule has 7 heteroatoms. The second kappa shape index (κ2) is 8.21. The van der Waals surface area contributed by atoms with E-state index in [4.69, 9.17) is 0 Å². The molecule has 0 aliphatic carbocycles. The van der Waals surface area contributed by atoms with Crippen LogP contribution in [-0.4, -0.2) is 56.5 Å². The van der Waals surface area contributed by atoms with E-state index in [1.807, 2.05) is 6.92 Å². The molecule has 1 aromatic rings. The van der Waals surface area contributed by atoms with Crippen LogP contribution in [0, 0.1) is 0 Å². The summed E-state index contributed by atoms with van der Waals surface area (Å²) in [6.07, 6.45) is 1.85. The number of hydrogen-bond donors (Lipinski definition) is 0. The maximum Gasteiger partial charge on any atom is 0.243 e. The summed E-state index contributed by atoms with van der Waals surface area (Å²) >= 11 is 0. The van der Waals surface area contributed by atoms with Crippen molar-refractivity contribution in [1.82, 2.24) is 9.21 Å². The number of ketones is 1. The molecule has 6 nitrogen and oxygen atoms in total. The first kappa shape index (κ1) is 19.3. The summed E-state index contributed by atoms with van der Waals surface area (Å²) in [5, 5.41) is 0. The first-order valence-electron chi connectivity index (χ1n) is 7.51. The van der Waals surface area contributed by atoms with Crippen molar-refractivity contribution < 1.29 is 18.0 Å². The minimum Gasteiger partial charge on any atom is -0.345 e. The van der Waals surface area contributed by atoms with Crippen LogP contribution in [0.2, 0.25) is 0 Å². The standard InChI is InChI=1S/C16H24N2O4S/c1-5-6-11-17(3)16(20)12-18(4)23(21,22)15-9-7-14(8-10-15)13(2)19/h7-10H,5-6,11-12H2,1-4H3. The maximum atomic E-state index is 12.5. The molecule has 0 aliphatic heterocycles. The average Bonchev–Trinajstić information content (AvgIpc) is 2.52. The lowest BCUT2D eigenvalue weighted by atomic mass is 10.2. The zero-order chi connectivity index (χ0) is 17.6. The third kappa shape index (κ3) is 5.14. The number of carbonyl (C=O) groups excluding carboxylic acids is 2. The Hall–Kier alpha value is -1.73. The molecule has 0 aromatic heterocycles. The van der Waals surface area contributed by atoms with E-state index in [-0.39, 0.29) is 23.1 Å². The van der Waals surface area contributed by atoms with Gasteiger partial charge in [-0.2, -0.15) is 4.31 Å². The number of benzene rings is 1. The van der Waals surface area contributed by atoms with Gasteiger partial charge < -0.3 is 4.90 Å². The Balaban J connectivity index is 2.82. The fourth-order valence-electron chi connectivity index (χ4n) is 1.96.